The van der Waals surface area contributed by atoms with E-state index in [2.05, 4.69) is 47.9 Å². The highest BCUT2D eigenvalue weighted by atomic mass is 16.6. The molecular formula is C34H50N2O4. The summed E-state index contributed by atoms with van der Waals surface area (Å²) in [6.07, 6.45) is 4.10. The Balaban J connectivity index is 2.34. The van der Waals surface area contributed by atoms with Gasteiger partial charge in [0, 0.05) is 13.0 Å². The third-order valence-corrected chi connectivity index (χ3v) is 7.06. The van der Waals surface area contributed by atoms with Crippen LogP contribution in [0.4, 0.5) is 0 Å². The Hall–Kier alpha value is -3.15. The van der Waals surface area contributed by atoms with Crippen molar-refractivity contribution in [2.45, 2.75) is 98.6 Å². The summed E-state index contributed by atoms with van der Waals surface area (Å²) in [7, 11) is 1.58. The number of amides is 2. The summed E-state index contributed by atoms with van der Waals surface area (Å²) in [6, 6.07) is 17.9. The highest BCUT2D eigenvalue weighted by Gasteiger charge is 2.36. The molecule has 2 amide bonds. The number of carbonyl (C=O) groups excluding carboxylic acids is 3. The number of carbonyl (C=O) groups is 3. The first-order chi connectivity index (χ1) is 18.7. The summed E-state index contributed by atoms with van der Waals surface area (Å²) in [4.78, 5) is 39.7. The Morgan fingerprint density at radius 1 is 0.825 bits per heavy atom. The zero-order valence-electron chi connectivity index (χ0n) is 25.8. The van der Waals surface area contributed by atoms with Gasteiger partial charge in [-0.2, -0.15) is 0 Å². The Morgan fingerprint density at radius 2 is 1.48 bits per heavy atom. The fourth-order valence-corrected chi connectivity index (χ4v) is 4.82. The number of aryl methyl sites for hydroxylation is 1. The molecule has 0 saturated heterocycles. The van der Waals surface area contributed by atoms with E-state index in [0.717, 1.165) is 29.5 Å². The van der Waals surface area contributed by atoms with Crippen molar-refractivity contribution in [2.24, 2.45) is 17.3 Å². The fraction of sp³-hybridized carbons (Fsp3) is 0.559. The maximum absolute atomic E-state index is 13.8. The topological polar surface area (TPSA) is 84.5 Å². The molecule has 0 bridgehead atoms. The molecule has 6 nitrogen and oxygen atoms in total. The molecule has 2 N–H and O–H groups in total. The zero-order valence-corrected chi connectivity index (χ0v) is 25.8. The Kier molecular flexibility index (Phi) is 12.4. The van der Waals surface area contributed by atoms with E-state index in [4.69, 9.17) is 4.74 Å². The lowest BCUT2D eigenvalue weighted by molar-refractivity contribution is -0.161. The molecule has 0 saturated carbocycles. The molecule has 40 heavy (non-hydrogen) atoms. The van der Waals surface area contributed by atoms with Crippen LogP contribution in [0.5, 0.6) is 0 Å². The molecule has 3 atom stereocenters. The molecule has 0 spiro atoms. The fourth-order valence-electron chi connectivity index (χ4n) is 4.82. The van der Waals surface area contributed by atoms with Gasteiger partial charge in [0.15, 0.2) is 0 Å². The first-order valence-corrected chi connectivity index (χ1v) is 14.6. The van der Waals surface area contributed by atoms with Crippen molar-refractivity contribution >= 4 is 17.8 Å². The Bertz CT molecular complexity index is 1100. The van der Waals surface area contributed by atoms with Gasteiger partial charge in [0.25, 0.3) is 0 Å². The molecule has 2 rings (SSSR count). The van der Waals surface area contributed by atoms with Gasteiger partial charge in [0.1, 0.15) is 11.6 Å². The molecule has 0 unspecified atom stereocenters. The number of benzene rings is 2. The Labute approximate surface area is 241 Å². The lowest BCUT2D eigenvalue weighted by Gasteiger charge is -2.32. The summed E-state index contributed by atoms with van der Waals surface area (Å²) in [5, 5.41) is 5.71. The quantitative estimate of drug-likeness (QED) is 0.271. The van der Waals surface area contributed by atoms with Crippen molar-refractivity contribution in [3.63, 3.8) is 0 Å². The van der Waals surface area contributed by atoms with Crippen LogP contribution in [0.3, 0.4) is 0 Å². The number of unbranched alkanes of at least 4 members (excludes halogenated alkanes) is 1. The number of hydrogen-bond acceptors (Lipinski definition) is 4. The molecule has 2 aromatic rings. The molecule has 0 fully saturated rings. The monoisotopic (exact) mass is 550 g/mol. The SMILES string of the molecule is CCCC[C@H](C[C@H](CCc1cccc(-c2ccccc2)c1)C(=O)N[C@H](C(=O)NC)C(C)(C)C)C(=O)OC(C)(C)C. The number of rotatable bonds is 13. The van der Waals surface area contributed by atoms with Crippen LogP contribution in [0.2, 0.25) is 0 Å². The molecule has 0 aliphatic carbocycles. The third-order valence-electron chi connectivity index (χ3n) is 7.06. The molecule has 6 heteroatoms. The normalized spacial score (nSPS) is 14.1. The summed E-state index contributed by atoms with van der Waals surface area (Å²) in [6.45, 7) is 13.5. The van der Waals surface area contributed by atoms with E-state index in [1.54, 1.807) is 7.05 Å². The summed E-state index contributed by atoms with van der Waals surface area (Å²) in [5.74, 6) is -1.54. The van der Waals surface area contributed by atoms with Gasteiger partial charge in [0.05, 0.1) is 5.92 Å². The van der Waals surface area contributed by atoms with E-state index in [1.807, 2.05) is 65.8 Å². The van der Waals surface area contributed by atoms with Crippen LogP contribution in [-0.2, 0) is 25.5 Å². The van der Waals surface area contributed by atoms with Gasteiger partial charge >= 0.3 is 5.97 Å². The maximum atomic E-state index is 13.8. The number of likely N-dealkylation sites (N-methyl/N-ethyl adjacent to an activating group) is 1. The van der Waals surface area contributed by atoms with Crippen molar-refractivity contribution in [1.82, 2.24) is 10.6 Å². The molecule has 220 valence electrons. The second-order valence-electron chi connectivity index (χ2n) is 12.8. The van der Waals surface area contributed by atoms with Gasteiger partial charge in [-0.1, -0.05) is 95.1 Å². The number of esters is 1. The van der Waals surface area contributed by atoms with Gasteiger partial charge in [-0.15, -0.1) is 0 Å². The summed E-state index contributed by atoms with van der Waals surface area (Å²) >= 11 is 0. The van der Waals surface area contributed by atoms with Gasteiger partial charge in [-0.05, 0) is 68.6 Å². The standard InChI is InChI=1S/C34H50N2O4/c1-9-10-16-28(32(39)40-34(5,6)7)23-27(30(37)36-29(31(38)35-8)33(2,3)4)21-20-24-15-14-19-26(22-24)25-17-12-11-13-18-25/h11-15,17-19,22,27-29H,9-10,16,20-21,23H2,1-8H3,(H,35,38)(H,36,37)/t27-,28+,29+/m0/s1. The first kappa shape index (κ1) is 33.1. The minimum absolute atomic E-state index is 0.201. The average Bonchev–Trinajstić information content (AvgIpc) is 2.89. The van der Waals surface area contributed by atoms with Crippen molar-refractivity contribution < 1.29 is 19.1 Å². The zero-order chi connectivity index (χ0) is 29.9. The smallest absolute Gasteiger partial charge is 0.309 e. The van der Waals surface area contributed by atoms with E-state index in [1.165, 1.54) is 0 Å². The van der Waals surface area contributed by atoms with Gasteiger partial charge in [-0.3, -0.25) is 14.4 Å². The molecule has 0 aliphatic rings. The molecule has 0 radical (unpaired) electrons. The second kappa shape index (κ2) is 15.0. The lowest BCUT2D eigenvalue weighted by Crippen LogP contribution is -2.54. The lowest BCUT2D eigenvalue weighted by atomic mass is 9.83. The van der Waals surface area contributed by atoms with Crippen molar-refractivity contribution in [3.05, 3.63) is 60.2 Å². The highest BCUT2D eigenvalue weighted by Crippen LogP contribution is 2.28. The predicted molar refractivity (Wildman–Crippen MR) is 163 cm³/mol. The average molecular weight is 551 g/mol. The third kappa shape index (κ3) is 10.8. The minimum Gasteiger partial charge on any atom is -0.460 e. The maximum Gasteiger partial charge on any atom is 0.309 e. The van der Waals surface area contributed by atoms with E-state index >= 15 is 0 Å². The summed E-state index contributed by atoms with van der Waals surface area (Å²) < 4.78 is 5.76. The molecule has 2 aromatic carbocycles. The van der Waals surface area contributed by atoms with Crippen molar-refractivity contribution in [1.29, 1.82) is 0 Å². The van der Waals surface area contributed by atoms with Gasteiger partial charge < -0.3 is 15.4 Å². The summed E-state index contributed by atoms with van der Waals surface area (Å²) in [5.41, 5.74) is 2.31. The molecular weight excluding hydrogens is 500 g/mol. The van der Waals surface area contributed by atoms with Gasteiger partial charge in [-0.25, -0.2) is 0 Å². The predicted octanol–water partition coefficient (Wildman–Crippen LogP) is 6.72. The number of hydrogen-bond donors (Lipinski definition) is 2. The van der Waals surface area contributed by atoms with E-state index in [9.17, 15) is 14.4 Å². The first-order valence-electron chi connectivity index (χ1n) is 14.6. The van der Waals surface area contributed by atoms with Crippen LogP contribution in [0.1, 0.15) is 86.1 Å². The molecule has 0 heterocycles. The van der Waals surface area contributed by atoms with Crippen LogP contribution in [0.25, 0.3) is 11.1 Å². The Morgan fingerprint density at radius 3 is 2.05 bits per heavy atom. The molecule has 0 aromatic heterocycles. The number of nitrogens with one attached hydrogen (secondary N) is 2. The van der Waals surface area contributed by atoms with E-state index in [0.29, 0.717) is 25.7 Å². The van der Waals surface area contributed by atoms with Crippen molar-refractivity contribution in [2.75, 3.05) is 7.05 Å². The highest BCUT2D eigenvalue weighted by molar-refractivity contribution is 5.89. The van der Waals surface area contributed by atoms with Crippen LogP contribution in [0.15, 0.2) is 54.6 Å². The second-order valence-corrected chi connectivity index (χ2v) is 12.8. The van der Waals surface area contributed by atoms with Crippen LogP contribution in [-0.4, -0.2) is 36.5 Å². The minimum atomic E-state index is -0.690. The van der Waals surface area contributed by atoms with Crippen LogP contribution in [0, 0.1) is 17.3 Å². The largest absolute Gasteiger partial charge is 0.460 e. The van der Waals surface area contributed by atoms with Crippen LogP contribution < -0.4 is 10.6 Å². The van der Waals surface area contributed by atoms with Gasteiger partial charge in [0.2, 0.25) is 11.8 Å². The van der Waals surface area contributed by atoms with E-state index in [-0.39, 0.29) is 17.8 Å². The molecule has 0 aliphatic heterocycles. The van der Waals surface area contributed by atoms with Crippen molar-refractivity contribution in [3.8, 4) is 11.1 Å². The van der Waals surface area contributed by atoms with E-state index < -0.39 is 28.9 Å². The van der Waals surface area contributed by atoms with Crippen LogP contribution >= 0.6 is 0 Å². The number of ether oxygens (including phenoxy) is 1.